The lowest BCUT2D eigenvalue weighted by atomic mass is 9.90. The van der Waals surface area contributed by atoms with Gasteiger partial charge < -0.3 is 4.74 Å². The molecule has 24 heavy (non-hydrogen) atoms. The summed E-state index contributed by atoms with van der Waals surface area (Å²) in [7, 11) is 2.15. The Bertz CT molecular complexity index is 1170. The molecule has 2 nitrogen and oxygen atoms in total. The van der Waals surface area contributed by atoms with E-state index in [1.807, 2.05) is 0 Å². The standard InChI is InChI=1S/C21H18NOS/c1-11-7-15-9-12(2)13(3)18-19(15)16(8-11)23-17-10-14-5-6-24-21(14)22(4)20(17)18/h5-10H,1-4H3/q+1. The first-order valence-corrected chi connectivity index (χ1v) is 9.05. The first-order valence-electron chi connectivity index (χ1n) is 8.17. The van der Waals surface area contributed by atoms with Crippen LogP contribution < -0.4 is 9.30 Å². The Balaban J connectivity index is 2.04. The largest absolute Gasteiger partial charge is 0.450 e. The molecule has 0 unspecified atom stereocenters. The van der Waals surface area contributed by atoms with E-state index in [9.17, 15) is 0 Å². The Morgan fingerprint density at radius 1 is 0.958 bits per heavy atom. The SMILES string of the molecule is Cc1cc2c3c(c(C)c(C)cc3c1)-c1c(cc3ccsc3[n+]1C)O2. The van der Waals surface area contributed by atoms with Gasteiger partial charge in [-0.05, 0) is 60.4 Å². The number of hydrogen-bond donors (Lipinski definition) is 0. The molecule has 1 aliphatic rings. The first kappa shape index (κ1) is 14.0. The Hall–Kier alpha value is -2.39. The molecular formula is C21H18NOS+. The number of aryl methyl sites for hydroxylation is 3. The van der Waals surface area contributed by atoms with Crippen molar-refractivity contribution in [2.75, 3.05) is 0 Å². The van der Waals surface area contributed by atoms with Gasteiger partial charge in [0, 0.05) is 11.5 Å². The molecule has 0 spiro atoms. The van der Waals surface area contributed by atoms with Crippen LogP contribution in [0.4, 0.5) is 0 Å². The lowest BCUT2D eigenvalue weighted by Gasteiger charge is -2.22. The summed E-state index contributed by atoms with van der Waals surface area (Å²) in [6.07, 6.45) is 0. The molecule has 0 radical (unpaired) electrons. The van der Waals surface area contributed by atoms with E-state index < -0.39 is 0 Å². The Kier molecular flexibility index (Phi) is 2.67. The zero-order valence-electron chi connectivity index (χ0n) is 14.2. The summed E-state index contributed by atoms with van der Waals surface area (Å²) in [4.78, 5) is 1.28. The highest BCUT2D eigenvalue weighted by atomic mass is 32.1. The predicted molar refractivity (Wildman–Crippen MR) is 100 cm³/mol. The Morgan fingerprint density at radius 2 is 1.79 bits per heavy atom. The van der Waals surface area contributed by atoms with E-state index in [0.717, 1.165) is 11.5 Å². The maximum absolute atomic E-state index is 6.37. The van der Waals surface area contributed by atoms with E-state index in [1.54, 1.807) is 11.3 Å². The minimum Gasteiger partial charge on any atom is -0.450 e. The van der Waals surface area contributed by atoms with E-state index in [2.05, 4.69) is 68.1 Å². The van der Waals surface area contributed by atoms with Crippen LogP contribution in [0.1, 0.15) is 16.7 Å². The van der Waals surface area contributed by atoms with Gasteiger partial charge in [0.15, 0.2) is 5.75 Å². The van der Waals surface area contributed by atoms with Crippen LogP contribution in [0.15, 0.2) is 35.7 Å². The Morgan fingerprint density at radius 3 is 2.62 bits per heavy atom. The average molecular weight is 332 g/mol. The summed E-state index contributed by atoms with van der Waals surface area (Å²) in [5.74, 6) is 1.93. The second-order valence-corrected chi connectivity index (χ2v) is 7.65. The number of nitrogens with zero attached hydrogens (tertiary/aromatic N) is 1. The molecule has 1 aliphatic heterocycles. The molecule has 5 rings (SSSR count). The third-order valence-electron chi connectivity index (χ3n) is 5.16. The number of hydrogen-bond acceptors (Lipinski definition) is 2. The molecule has 0 amide bonds. The van der Waals surface area contributed by atoms with Crippen molar-refractivity contribution < 1.29 is 9.30 Å². The molecule has 0 aliphatic carbocycles. The van der Waals surface area contributed by atoms with Crippen molar-refractivity contribution in [3.63, 3.8) is 0 Å². The van der Waals surface area contributed by atoms with Crippen LogP contribution in [-0.2, 0) is 7.05 Å². The monoisotopic (exact) mass is 332 g/mol. The molecule has 3 heteroatoms. The summed E-state index contributed by atoms with van der Waals surface area (Å²) in [6.45, 7) is 6.55. The van der Waals surface area contributed by atoms with Gasteiger partial charge in [-0.25, -0.2) is 0 Å². The summed E-state index contributed by atoms with van der Waals surface area (Å²) < 4.78 is 8.66. The second kappa shape index (κ2) is 4.58. The third kappa shape index (κ3) is 1.68. The number of ether oxygens (including phenoxy) is 1. The van der Waals surface area contributed by atoms with Crippen molar-refractivity contribution in [1.82, 2.24) is 0 Å². The lowest BCUT2D eigenvalue weighted by Crippen LogP contribution is -2.32. The van der Waals surface area contributed by atoms with Crippen LogP contribution in [-0.4, -0.2) is 0 Å². The smallest absolute Gasteiger partial charge is 0.269 e. The molecule has 2 aromatic heterocycles. The molecule has 0 bridgehead atoms. The van der Waals surface area contributed by atoms with Crippen LogP contribution in [0, 0.1) is 20.8 Å². The van der Waals surface area contributed by atoms with Gasteiger partial charge in [0.05, 0.1) is 10.9 Å². The topological polar surface area (TPSA) is 13.1 Å². The van der Waals surface area contributed by atoms with Crippen LogP contribution in [0.3, 0.4) is 0 Å². The number of pyridine rings is 1. The number of aromatic nitrogens is 1. The minimum atomic E-state index is 0.955. The second-order valence-electron chi connectivity index (χ2n) is 6.75. The molecule has 0 fully saturated rings. The van der Waals surface area contributed by atoms with Gasteiger partial charge in [-0.3, -0.25) is 0 Å². The van der Waals surface area contributed by atoms with Gasteiger partial charge in [0.1, 0.15) is 12.8 Å². The van der Waals surface area contributed by atoms with Crippen molar-refractivity contribution in [2.45, 2.75) is 20.8 Å². The lowest BCUT2D eigenvalue weighted by molar-refractivity contribution is -0.631. The van der Waals surface area contributed by atoms with Gasteiger partial charge in [0.25, 0.3) is 10.5 Å². The van der Waals surface area contributed by atoms with Crippen molar-refractivity contribution in [3.8, 4) is 22.8 Å². The van der Waals surface area contributed by atoms with Gasteiger partial charge in [-0.2, -0.15) is 4.57 Å². The summed E-state index contributed by atoms with van der Waals surface area (Å²) in [5, 5.41) is 5.88. The van der Waals surface area contributed by atoms with Crippen molar-refractivity contribution >= 4 is 32.3 Å². The number of fused-ring (bicyclic) bond motifs is 3. The normalized spacial score (nSPS) is 12.5. The van der Waals surface area contributed by atoms with Crippen LogP contribution >= 0.6 is 11.3 Å². The minimum absolute atomic E-state index is 0.955. The molecule has 0 atom stereocenters. The number of benzene rings is 2. The van der Waals surface area contributed by atoms with Gasteiger partial charge in [-0.15, -0.1) is 0 Å². The maximum atomic E-state index is 6.37. The maximum Gasteiger partial charge on any atom is 0.269 e. The van der Waals surface area contributed by atoms with Gasteiger partial charge in [-0.1, -0.05) is 23.5 Å². The van der Waals surface area contributed by atoms with Crippen molar-refractivity contribution in [2.24, 2.45) is 7.05 Å². The molecule has 0 saturated heterocycles. The van der Waals surface area contributed by atoms with E-state index in [4.69, 9.17) is 4.74 Å². The van der Waals surface area contributed by atoms with Crippen LogP contribution in [0.25, 0.3) is 32.2 Å². The Labute approximate surface area is 144 Å². The fraction of sp³-hybridized carbons (Fsp3) is 0.190. The average Bonchev–Trinajstić information content (AvgIpc) is 2.99. The number of rotatable bonds is 0. The number of thiophene rings is 1. The van der Waals surface area contributed by atoms with E-state index in [1.165, 1.54) is 48.9 Å². The van der Waals surface area contributed by atoms with E-state index in [0.29, 0.717) is 0 Å². The summed E-state index contributed by atoms with van der Waals surface area (Å²) >= 11 is 1.78. The molecular weight excluding hydrogens is 314 g/mol. The fourth-order valence-corrected chi connectivity index (χ4v) is 4.78. The van der Waals surface area contributed by atoms with Crippen LogP contribution in [0.5, 0.6) is 11.5 Å². The highest BCUT2D eigenvalue weighted by Gasteiger charge is 2.31. The highest BCUT2D eigenvalue weighted by Crippen LogP contribution is 2.48. The highest BCUT2D eigenvalue weighted by molar-refractivity contribution is 7.16. The molecule has 118 valence electrons. The summed E-state index contributed by atoms with van der Waals surface area (Å²) in [6, 6.07) is 11.0. The van der Waals surface area contributed by atoms with Gasteiger partial charge in [0.2, 0.25) is 0 Å². The third-order valence-corrected chi connectivity index (χ3v) is 6.16. The predicted octanol–water partition coefficient (Wildman–Crippen LogP) is 5.58. The molecule has 0 saturated carbocycles. The molecule has 2 aromatic carbocycles. The molecule has 4 aromatic rings. The van der Waals surface area contributed by atoms with Crippen molar-refractivity contribution in [3.05, 3.63) is 52.4 Å². The van der Waals surface area contributed by atoms with Crippen molar-refractivity contribution in [1.29, 1.82) is 0 Å². The first-order chi connectivity index (χ1) is 11.5. The van der Waals surface area contributed by atoms with E-state index >= 15 is 0 Å². The zero-order valence-corrected chi connectivity index (χ0v) is 15.0. The van der Waals surface area contributed by atoms with Crippen LogP contribution in [0.2, 0.25) is 0 Å². The summed E-state index contributed by atoms with van der Waals surface area (Å²) in [5.41, 5.74) is 6.40. The van der Waals surface area contributed by atoms with Gasteiger partial charge >= 0.3 is 0 Å². The van der Waals surface area contributed by atoms with E-state index in [-0.39, 0.29) is 0 Å². The molecule has 3 heterocycles. The fourth-order valence-electron chi connectivity index (χ4n) is 3.92. The zero-order chi connectivity index (χ0) is 16.6. The quantitative estimate of drug-likeness (QED) is 0.338. The molecule has 0 N–H and O–H groups in total.